The number of benzene rings is 1. The van der Waals surface area contributed by atoms with Gasteiger partial charge in [-0.25, -0.2) is 4.98 Å². The van der Waals surface area contributed by atoms with Gasteiger partial charge in [0, 0.05) is 30.8 Å². The molecule has 1 amide bonds. The van der Waals surface area contributed by atoms with Gasteiger partial charge >= 0.3 is 0 Å². The van der Waals surface area contributed by atoms with Gasteiger partial charge in [-0.05, 0) is 24.6 Å². The van der Waals surface area contributed by atoms with E-state index in [4.69, 9.17) is 0 Å². The molecule has 2 aromatic heterocycles. The molecule has 0 saturated carbocycles. The van der Waals surface area contributed by atoms with Crippen LogP contribution >= 0.6 is 11.3 Å². The van der Waals surface area contributed by atoms with Crippen molar-refractivity contribution < 1.29 is 9.72 Å². The number of rotatable bonds is 6. The lowest BCUT2D eigenvalue weighted by atomic mass is 10.1. The Morgan fingerprint density at radius 3 is 2.81 bits per heavy atom. The highest BCUT2D eigenvalue weighted by Gasteiger charge is 2.20. The number of likely N-dealkylation sites (N-methyl/N-ethyl adjacent to an activating group) is 1. The third-order valence-corrected chi connectivity index (χ3v) is 5.22. The number of aromatic nitrogens is 2. The van der Waals surface area contributed by atoms with Crippen molar-refractivity contribution in [3.8, 4) is 10.7 Å². The molecule has 0 radical (unpaired) electrons. The lowest BCUT2D eigenvalue weighted by Gasteiger charge is -2.25. The first-order valence-electron chi connectivity index (χ1n) is 8.31. The van der Waals surface area contributed by atoms with Crippen molar-refractivity contribution in [1.29, 1.82) is 0 Å². The molecular formula is C19H18N4O3S. The highest BCUT2D eigenvalue weighted by Crippen LogP contribution is 2.25. The quantitative estimate of drug-likeness (QED) is 0.477. The number of carbonyl (C=O) groups excluding carboxylic acids is 1. The lowest BCUT2D eigenvalue weighted by Crippen LogP contribution is -2.31. The molecule has 1 atom stereocenters. The average molecular weight is 382 g/mol. The summed E-state index contributed by atoms with van der Waals surface area (Å²) in [7, 11) is 1.69. The molecule has 3 rings (SSSR count). The summed E-state index contributed by atoms with van der Waals surface area (Å²) in [6, 6.07) is 11.7. The molecule has 2 heterocycles. The van der Waals surface area contributed by atoms with Gasteiger partial charge in [-0.3, -0.25) is 19.9 Å². The van der Waals surface area contributed by atoms with Crippen LogP contribution in [0.1, 0.15) is 24.2 Å². The highest BCUT2D eigenvalue weighted by molar-refractivity contribution is 7.13. The molecule has 0 N–H and O–H groups in total. The maximum absolute atomic E-state index is 12.6. The number of amides is 1. The maximum atomic E-state index is 12.6. The van der Waals surface area contributed by atoms with Gasteiger partial charge in [0.05, 0.1) is 28.8 Å². The standard InChI is InChI=1S/C19H18N4O3S/c1-13(14-6-5-7-16(10-14)23(25)26)22(2)18(24)11-15-12-27-19(21-15)17-8-3-4-9-20-17/h3-10,12-13H,11H2,1-2H3. The molecule has 0 aliphatic rings. The minimum Gasteiger partial charge on any atom is -0.339 e. The van der Waals surface area contributed by atoms with Gasteiger partial charge in [-0.1, -0.05) is 18.2 Å². The fourth-order valence-corrected chi connectivity index (χ4v) is 3.41. The predicted molar refractivity (Wildman–Crippen MR) is 103 cm³/mol. The van der Waals surface area contributed by atoms with Crippen LogP contribution in [0.15, 0.2) is 54.0 Å². The van der Waals surface area contributed by atoms with Crippen LogP contribution in [0.5, 0.6) is 0 Å². The van der Waals surface area contributed by atoms with Gasteiger partial charge in [0.15, 0.2) is 0 Å². The van der Waals surface area contributed by atoms with E-state index in [2.05, 4.69) is 9.97 Å². The summed E-state index contributed by atoms with van der Waals surface area (Å²) in [4.78, 5) is 33.5. The molecule has 0 aliphatic carbocycles. The molecule has 138 valence electrons. The molecular weight excluding hydrogens is 364 g/mol. The molecule has 0 spiro atoms. The molecule has 0 aliphatic heterocycles. The summed E-state index contributed by atoms with van der Waals surface area (Å²) in [6.07, 6.45) is 1.87. The minimum atomic E-state index is -0.438. The number of nitro benzene ring substituents is 1. The largest absolute Gasteiger partial charge is 0.339 e. The zero-order valence-electron chi connectivity index (χ0n) is 14.9. The van der Waals surface area contributed by atoms with Gasteiger partial charge < -0.3 is 4.90 Å². The topological polar surface area (TPSA) is 89.2 Å². The fourth-order valence-electron chi connectivity index (χ4n) is 2.61. The Morgan fingerprint density at radius 1 is 1.30 bits per heavy atom. The summed E-state index contributed by atoms with van der Waals surface area (Å²) in [5, 5.41) is 13.6. The zero-order valence-corrected chi connectivity index (χ0v) is 15.7. The Bertz CT molecular complexity index is 958. The summed E-state index contributed by atoms with van der Waals surface area (Å²) in [5.41, 5.74) is 2.19. The first-order valence-corrected chi connectivity index (χ1v) is 9.19. The summed E-state index contributed by atoms with van der Waals surface area (Å²) < 4.78 is 0. The van der Waals surface area contributed by atoms with Crippen LogP contribution in [-0.4, -0.2) is 32.7 Å². The van der Waals surface area contributed by atoms with E-state index in [0.29, 0.717) is 11.3 Å². The normalized spacial score (nSPS) is 11.8. The van der Waals surface area contributed by atoms with Crippen LogP contribution in [0.2, 0.25) is 0 Å². The van der Waals surface area contributed by atoms with Gasteiger partial charge in [-0.15, -0.1) is 11.3 Å². The Labute approximate surface area is 160 Å². The number of hydrogen-bond acceptors (Lipinski definition) is 6. The van der Waals surface area contributed by atoms with Crippen LogP contribution in [0.3, 0.4) is 0 Å². The monoisotopic (exact) mass is 382 g/mol. The summed E-state index contributed by atoms with van der Waals surface area (Å²) >= 11 is 1.45. The number of nitrogens with zero attached hydrogens (tertiary/aromatic N) is 4. The Hall–Kier alpha value is -3.13. The number of non-ortho nitro benzene ring substituents is 1. The Balaban J connectivity index is 1.70. The third-order valence-electron chi connectivity index (χ3n) is 4.31. The number of nitro groups is 1. The van der Waals surface area contributed by atoms with E-state index in [0.717, 1.165) is 10.7 Å². The first kappa shape index (κ1) is 18.7. The van der Waals surface area contributed by atoms with Gasteiger partial charge in [-0.2, -0.15) is 0 Å². The van der Waals surface area contributed by atoms with Crippen molar-refractivity contribution in [2.24, 2.45) is 0 Å². The molecule has 1 unspecified atom stereocenters. The van der Waals surface area contributed by atoms with Crippen molar-refractivity contribution in [2.75, 3.05) is 7.05 Å². The van der Waals surface area contributed by atoms with Crippen LogP contribution in [0.25, 0.3) is 10.7 Å². The number of thiazole rings is 1. The SMILES string of the molecule is CC(c1cccc([N+](=O)[O-])c1)N(C)C(=O)Cc1csc(-c2ccccn2)n1. The van der Waals surface area contributed by atoms with E-state index in [1.807, 2.05) is 30.5 Å². The van der Waals surface area contributed by atoms with Crippen molar-refractivity contribution in [1.82, 2.24) is 14.9 Å². The lowest BCUT2D eigenvalue weighted by molar-refractivity contribution is -0.384. The van der Waals surface area contributed by atoms with Crippen molar-refractivity contribution in [3.05, 3.63) is 75.4 Å². The highest BCUT2D eigenvalue weighted by atomic mass is 32.1. The van der Waals surface area contributed by atoms with E-state index in [1.54, 1.807) is 30.3 Å². The number of pyridine rings is 1. The second kappa shape index (κ2) is 8.05. The van der Waals surface area contributed by atoms with E-state index in [1.165, 1.54) is 23.5 Å². The van der Waals surface area contributed by atoms with Crippen molar-refractivity contribution in [3.63, 3.8) is 0 Å². The van der Waals surface area contributed by atoms with E-state index in [9.17, 15) is 14.9 Å². The van der Waals surface area contributed by atoms with Crippen LogP contribution in [0, 0.1) is 10.1 Å². The predicted octanol–water partition coefficient (Wildman–Crippen LogP) is 3.88. The molecule has 8 heteroatoms. The van der Waals surface area contributed by atoms with E-state index in [-0.39, 0.29) is 24.1 Å². The molecule has 7 nitrogen and oxygen atoms in total. The Kier molecular flexibility index (Phi) is 5.56. The van der Waals surface area contributed by atoms with Crippen molar-refractivity contribution >= 4 is 22.9 Å². The van der Waals surface area contributed by atoms with Gasteiger partial charge in [0.1, 0.15) is 5.01 Å². The van der Waals surface area contributed by atoms with Crippen LogP contribution in [0.4, 0.5) is 5.69 Å². The minimum absolute atomic E-state index is 0.0136. The number of carbonyl (C=O) groups is 1. The van der Waals surface area contributed by atoms with E-state index >= 15 is 0 Å². The summed E-state index contributed by atoms with van der Waals surface area (Å²) in [5.74, 6) is -0.105. The van der Waals surface area contributed by atoms with Crippen LogP contribution in [-0.2, 0) is 11.2 Å². The van der Waals surface area contributed by atoms with Crippen LogP contribution < -0.4 is 0 Å². The average Bonchev–Trinajstić information content (AvgIpc) is 3.16. The van der Waals surface area contributed by atoms with Gasteiger partial charge in [0.25, 0.3) is 5.69 Å². The molecule has 3 aromatic rings. The van der Waals surface area contributed by atoms with Gasteiger partial charge in [0.2, 0.25) is 5.91 Å². The molecule has 0 saturated heterocycles. The second-order valence-electron chi connectivity index (χ2n) is 6.07. The smallest absolute Gasteiger partial charge is 0.269 e. The molecule has 0 fully saturated rings. The maximum Gasteiger partial charge on any atom is 0.269 e. The second-order valence-corrected chi connectivity index (χ2v) is 6.93. The van der Waals surface area contributed by atoms with E-state index < -0.39 is 4.92 Å². The zero-order chi connectivity index (χ0) is 19.4. The van der Waals surface area contributed by atoms with Crippen molar-refractivity contribution in [2.45, 2.75) is 19.4 Å². The first-order chi connectivity index (χ1) is 13.0. The summed E-state index contributed by atoms with van der Waals surface area (Å²) in [6.45, 7) is 1.84. The molecule has 27 heavy (non-hydrogen) atoms. The number of hydrogen-bond donors (Lipinski definition) is 0. The molecule has 1 aromatic carbocycles. The third kappa shape index (κ3) is 4.35. The Morgan fingerprint density at radius 2 is 2.11 bits per heavy atom. The fraction of sp³-hybridized carbons (Fsp3) is 0.211. The molecule has 0 bridgehead atoms.